The van der Waals surface area contributed by atoms with Gasteiger partial charge in [0.05, 0.1) is 6.10 Å². The van der Waals surface area contributed by atoms with Crippen molar-refractivity contribution >= 4 is 5.91 Å². The summed E-state index contributed by atoms with van der Waals surface area (Å²) in [6, 6.07) is 3.35. The van der Waals surface area contributed by atoms with Gasteiger partial charge in [0.25, 0.3) is 0 Å². The lowest BCUT2D eigenvalue weighted by Gasteiger charge is -2.14. The minimum Gasteiger partial charge on any atom is -0.393 e. The topological polar surface area (TPSA) is 49.3 Å². The lowest BCUT2D eigenvalue weighted by molar-refractivity contribution is -0.122. The van der Waals surface area contributed by atoms with Crippen LogP contribution in [-0.4, -0.2) is 23.7 Å². The maximum atomic E-state index is 13.6. The van der Waals surface area contributed by atoms with Crippen molar-refractivity contribution in [1.82, 2.24) is 5.32 Å². The van der Waals surface area contributed by atoms with E-state index in [2.05, 4.69) is 5.32 Å². The third-order valence-corrected chi connectivity index (χ3v) is 3.85. The van der Waals surface area contributed by atoms with E-state index < -0.39 is 17.7 Å². The number of benzene rings is 1. The summed E-state index contributed by atoms with van der Waals surface area (Å²) in [6.45, 7) is 4.14. The summed E-state index contributed by atoms with van der Waals surface area (Å²) in [7, 11) is 0. The number of halogens is 2. The zero-order valence-corrected chi connectivity index (χ0v) is 12.3. The molecule has 0 radical (unpaired) electrons. The number of carbonyl (C=O) groups is 1. The molecule has 1 fully saturated rings. The molecule has 0 spiro atoms. The number of rotatable bonds is 6. The molecule has 4 unspecified atom stereocenters. The average molecular weight is 297 g/mol. The number of carbonyl (C=O) groups excluding carboxylic acids is 1. The van der Waals surface area contributed by atoms with E-state index in [-0.39, 0.29) is 29.2 Å². The van der Waals surface area contributed by atoms with E-state index in [0.717, 1.165) is 12.1 Å². The smallest absolute Gasteiger partial charge is 0.223 e. The highest BCUT2D eigenvalue weighted by molar-refractivity contribution is 5.82. The van der Waals surface area contributed by atoms with Crippen molar-refractivity contribution in [1.29, 1.82) is 0 Å². The molecule has 1 aliphatic carbocycles. The number of amides is 1. The van der Waals surface area contributed by atoms with Gasteiger partial charge in [-0.2, -0.15) is 0 Å². The van der Waals surface area contributed by atoms with Gasteiger partial charge in [0.15, 0.2) is 0 Å². The molecule has 3 nitrogen and oxygen atoms in total. The van der Waals surface area contributed by atoms with Gasteiger partial charge in [-0.1, -0.05) is 6.92 Å². The molecule has 1 aromatic carbocycles. The summed E-state index contributed by atoms with van der Waals surface area (Å²) in [5, 5.41) is 12.1. The number of aliphatic hydroxyl groups is 1. The van der Waals surface area contributed by atoms with Crippen molar-refractivity contribution in [2.45, 2.75) is 38.7 Å². The van der Waals surface area contributed by atoms with Crippen LogP contribution in [-0.2, 0) is 4.79 Å². The van der Waals surface area contributed by atoms with Crippen LogP contribution in [0.15, 0.2) is 18.2 Å². The first-order valence-electron chi connectivity index (χ1n) is 7.29. The van der Waals surface area contributed by atoms with Crippen LogP contribution < -0.4 is 5.32 Å². The van der Waals surface area contributed by atoms with Crippen LogP contribution in [0, 0.1) is 23.5 Å². The SMILES string of the molecule is CC(O)CC(C)CNC(=O)C1CC1c1cc(F)ccc1F. The second-order valence-electron chi connectivity index (χ2n) is 6.05. The second kappa shape index (κ2) is 6.52. The van der Waals surface area contributed by atoms with Gasteiger partial charge in [-0.25, -0.2) is 8.78 Å². The van der Waals surface area contributed by atoms with Crippen LogP contribution in [0.4, 0.5) is 8.78 Å². The molecule has 0 aromatic heterocycles. The minimum absolute atomic E-state index is 0.124. The van der Waals surface area contributed by atoms with E-state index in [1.165, 1.54) is 6.07 Å². The number of hydrogen-bond donors (Lipinski definition) is 2. The Balaban J connectivity index is 1.85. The van der Waals surface area contributed by atoms with Crippen LogP contribution in [0.25, 0.3) is 0 Å². The quantitative estimate of drug-likeness (QED) is 0.848. The summed E-state index contributed by atoms with van der Waals surface area (Å²) in [5.74, 6) is -1.40. The van der Waals surface area contributed by atoms with Gasteiger partial charge in [-0.15, -0.1) is 0 Å². The Kier molecular flexibility index (Phi) is 4.93. The van der Waals surface area contributed by atoms with E-state index in [0.29, 0.717) is 19.4 Å². The third-order valence-electron chi connectivity index (χ3n) is 3.85. The lowest BCUT2D eigenvalue weighted by Crippen LogP contribution is -2.31. The molecule has 1 aromatic rings. The monoisotopic (exact) mass is 297 g/mol. The van der Waals surface area contributed by atoms with E-state index in [1.807, 2.05) is 6.92 Å². The van der Waals surface area contributed by atoms with Crippen molar-refractivity contribution in [2.24, 2.45) is 11.8 Å². The average Bonchev–Trinajstić information content (AvgIpc) is 3.18. The molecule has 2 N–H and O–H groups in total. The molecule has 2 rings (SSSR count). The Morgan fingerprint density at radius 3 is 2.81 bits per heavy atom. The Labute approximate surface area is 123 Å². The molecule has 1 amide bonds. The van der Waals surface area contributed by atoms with Crippen LogP contribution >= 0.6 is 0 Å². The lowest BCUT2D eigenvalue weighted by atomic mass is 10.0. The number of aliphatic hydroxyl groups excluding tert-OH is 1. The molecule has 1 aliphatic rings. The second-order valence-corrected chi connectivity index (χ2v) is 6.05. The Hall–Kier alpha value is -1.49. The molecule has 0 saturated heterocycles. The maximum Gasteiger partial charge on any atom is 0.223 e. The molecule has 4 atom stereocenters. The van der Waals surface area contributed by atoms with Gasteiger partial charge < -0.3 is 10.4 Å². The summed E-state index contributed by atoms with van der Waals surface area (Å²) in [6.07, 6.45) is 0.774. The predicted octanol–water partition coefficient (Wildman–Crippen LogP) is 2.59. The zero-order valence-electron chi connectivity index (χ0n) is 12.3. The summed E-state index contributed by atoms with van der Waals surface area (Å²) in [5.41, 5.74) is 0.284. The fourth-order valence-corrected chi connectivity index (χ4v) is 2.70. The molecule has 116 valence electrons. The molecule has 0 bridgehead atoms. The fourth-order valence-electron chi connectivity index (χ4n) is 2.70. The van der Waals surface area contributed by atoms with Gasteiger partial charge in [-0.3, -0.25) is 4.79 Å². The summed E-state index contributed by atoms with van der Waals surface area (Å²) in [4.78, 5) is 12.0. The van der Waals surface area contributed by atoms with Gasteiger partial charge in [0, 0.05) is 12.5 Å². The van der Waals surface area contributed by atoms with Crippen LogP contribution in [0.1, 0.15) is 38.2 Å². The normalized spacial score (nSPS) is 23.5. The van der Waals surface area contributed by atoms with Crippen molar-refractivity contribution in [3.05, 3.63) is 35.4 Å². The van der Waals surface area contributed by atoms with E-state index >= 15 is 0 Å². The van der Waals surface area contributed by atoms with E-state index in [4.69, 9.17) is 0 Å². The Bertz CT molecular complexity index is 519. The summed E-state index contributed by atoms with van der Waals surface area (Å²) < 4.78 is 26.8. The largest absolute Gasteiger partial charge is 0.393 e. The molecule has 21 heavy (non-hydrogen) atoms. The fraction of sp³-hybridized carbons (Fsp3) is 0.562. The van der Waals surface area contributed by atoms with Crippen molar-refractivity contribution in [3.8, 4) is 0 Å². The molecular formula is C16H21F2NO2. The highest BCUT2D eigenvalue weighted by atomic mass is 19.1. The van der Waals surface area contributed by atoms with Gasteiger partial charge in [0.2, 0.25) is 5.91 Å². The Morgan fingerprint density at radius 2 is 2.14 bits per heavy atom. The standard InChI is InChI=1S/C16H21F2NO2/c1-9(5-10(2)20)8-19-16(21)14-7-12(14)13-6-11(17)3-4-15(13)18/h3-4,6,9-10,12,14,20H,5,7-8H2,1-2H3,(H,19,21). The van der Waals surface area contributed by atoms with Crippen molar-refractivity contribution < 1.29 is 18.7 Å². The minimum atomic E-state index is -0.483. The molecule has 0 heterocycles. The highest BCUT2D eigenvalue weighted by Crippen LogP contribution is 2.48. The van der Waals surface area contributed by atoms with Crippen molar-refractivity contribution in [3.63, 3.8) is 0 Å². The Morgan fingerprint density at radius 1 is 1.43 bits per heavy atom. The van der Waals surface area contributed by atoms with Crippen LogP contribution in [0.3, 0.4) is 0 Å². The number of hydrogen-bond acceptors (Lipinski definition) is 2. The molecule has 1 saturated carbocycles. The molecule has 5 heteroatoms. The molecular weight excluding hydrogens is 276 g/mol. The molecule has 0 aliphatic heterocycles. The highest BCUT2D eigenvalue weighted by Gasteiger charge is 2.45. The first-order chi connectivity index (χ1) is 9.88. The first-order valence-corrected chi connectivity index (χ1v) is 7.29. The maximum absolute atomic E-state index is 13.6. The summed E-state index contributed by atoms with van der Waals surface area (Å²) >= 11 is 0. The van der Waals surface area contributed by atoms with E-state index in [9.17, 15) is 18.7 Å². The van der Waals surface area contributed by atoms with Crippen molar-refractivity contribution in [2.75, 3.05) is 6.54 Å². The first kappa shape index (κ1) is 15.9. The van der Waals surface area contributed by atoms with Gasteiger partial charge in [0.1, 0.15) is 11.6 Å². The van der Waals surface area contributed by atoms with Gasteiger partial charge >= 0.3 is 0 Å². The third kappa shape index (κ3) is 4.24. The van der Waals surface area contributed by atoms with Crippen LogP contribution in [0.2, 0.25) is 0 Å². The predicted molar refractivity (Wildman–Crippen MR) is 75.7 cm³/mol. The van der Waals surface area contributed by atoms with E-state index in [1.54, 1.807) is 6.92 Å². The van der Waals surface area contributed by atoms with Crippen LogP contribution in [0.5, 0.6) is 0 Å². The van der Waals surface area contributed by atoms with Gasteiger partial charge in [-0.05, 0) is 55.4 Å². The zero-order chi connectivity index (χ0) is 15.6. The number of nitrogens with one attached hydrogen (secondary N) is 1.